The molecule has 0 unspecified atom stereocenters. The van der Waals surface area contributed by atoms with Crippen molar-refractivity contribution in [3.8, 4) is 5.75 Å². The third kappa shape index (κ3) is 2.57. The van der Waals surface area contributed by atoms with Gasteiger partial charge in [0, 0.05) is 10.4 Å². The smallest absolute Gasteiger partial charge is 0.335 e. The molecule has 2 aromatic rings. The Balaban J connectivity index is 2.61. The second-order valence-corrected chi connectivity index (χ2v) is 4.43. The van der Waals surface area contributed by atoms with E-state index in [9.17, 15) is 4.79 Å². The fourth-order valence-electron chi connectivity index (χ4n) is 1.75. The standard InChI is InChI=1S/C14H13ClO3/c1-2-5-18-13-7-10(14(16)17)6-9-3-4-11(15)8-12(9)13/h3-4,6-8H,2,5H2,1H3,(H,16,17). The summed E-state index contributed by atoms with van der Waals surface area (Å²) in [7, 11) is 0. The highest BCUT2D eigenvalue weighted by Gasteiger charge is 2.10. The normalized spacial score (nSPS) is 10.6. The summed E-state index contributed by atoms with van der Waals surface area (Å²) < 4.78 is 5.59. The Kier molecular flexibility index (Phi) is 3.72. The molecular weight excluding hydrogens is 252 g/mol. The van der Waals surface area contributed by atoms with E-state index in [1.54, 1.807) is 24.3 Å². The average molecular weight is 265 g/mol. The molecular formula is C14H13ClO3. The van der Waals surface area contributed by atoms with Gasteiger partial charge in [0.25, 0.3) is 0 Å². The lowest BCUT2D eigenvalue weighted by atomic mass is 10.1. The van der Waals surface area contributed by atoms with Crippen molar-refractivity contribution in [3.63, 3.8) is 0 Å². The second kappa shape index (κ2) is 5.27. The molecule has 4 heteroatoms. The second-order valence-electron chi connectivity index (χ2n) is 3.99. The molecule has 0 saturated heterocycles. The fourth-order valence-corrected chi connectivity index (χ4v) is 1.92. The molecule has 0 radical (unpaired) electrons. The third-order valence-corrected chi connectivity index (χ3v) is 2.82. The number of carbonyl (C=O) groups is 1. The molecule has 2 aromatic carbocycles. The third-order valence-electron chi connectivity index (χ3n) is 2.59. The summed E-state index contributed by atoms with van der Waals surface area (Å²) in [5.41, 5.74) is 0.218. The molecule has 2 rings (SSSR count). The molecule has 18 heavy (non-hydrogen) atoms. The highest BCUT2D eigenvalue weighted by atomic mass is 35.5. The number of ether oxygens (including phenoxy) is 1. The molecule has 0 heterocycles. The van der Waals surface area contributed by atoms with Gasteiger partial charge in [-0.1, -0.05) is 24.6 Å². The molecule has 0 fully saturated rings. The van der Waals surface area contributed by atoms with Crippen molar-refractivity contribution in [3.05, 3.63) is 40.9 Å². The zero-order valence-corrected chi connectivity index (χ0v) is 10.7. The number of hydrogen-bond acceptors (Lipinski definition) is 2. The molecule has 0 atom stereocenters. The van der Waals surface area contributed by atoms with Crippen molar-refractivity contribution in [2.45, 2.75) is 13.3 Å². The van der Waals surface area contributed by atoms with E-state index in [1.165, 1.54) is 6.07 Å². The first-order valence-electron chi connectivity index (χ1n) is 5.71. The Bertz CT molecular complexity index is 593. The number of carboxylic acid groups (broad SMARTS) is 1. The molecule has 0 saturated carbocycles. The van der Waals surface area contributed by atoms with E-state index < -0.39 is 5.97 Å². The van der Waals surface area contributed by atoms with Gasteiger partial charge in [-0.2, -0.15) is 0 Å². The SMILES string of the molecule is CCCOc1cc(C(=O)O)cc2ccc(Cl)cc12. The van der Waals surface area contributed by atoms with E-state index in [2.05, 4.69) is 0 Å². The number of carboxylic acids is 1. The van der Waals surface area contributed by atoms with Crippen LogP contribution in [0.2, 0.25) is 5.02 Å². The van der Waals surface area contributed by atoms with Crippen molar-refractivity contribution in [2.24, 2.45) is 0 Å². The van der Waals surface area contributed by atoms with Gasteiger partial charge in [-0.25, -0.2) is 4.79 Å². The van der Waals surface area contributed by atoms with Gasteiger partial charge in [0.1, 0.15) is 5.75 Å². The van der Waals surface area contributed by atoms with Gasteiger partial charge < -0.3 is 9.84 Å². The first-order valence-corrected chi connectivity index (χ1v) is 6.09. The lowest BCUT2D eigenvalue weighted by Crippen LogP contribution is -2.00. The number of fused-ring (bicyclic) bond motifs is 1. The largest absolute Gasteiger partial charge is 0.493 e. The van der Waals surface area contributed by atoms with Gasteiger partial charge in [-0.15, -0.1) is 0 Å². The lowest BCUT2D eigenvalue weighted by molar-refractivity contribution is 0.0696. The van der Waals surface area contributed by atoms with Gasteiger partial charge in [-0.05, 0) is 36.1 Å². The number of benzene rings is 2. The number of rotatable bonds is 4. The molecule has 0 aliphatic carbocycles. The van der Waals surface area contributed by atoms with Crippen LogP contribution >= 0.6 is 11.6 Å². The molecule has 0 aromatic heterocycles. The molecule has 94 valence electrons. The quantitative estimate of drug-likeness (QED) is 0.908. The Labute approximate surface area is 110 Å². The minimum atomic E-state index is -0.965. The summed E-state index contributed by atoms with van der Waals surface area (Å²) in [6.07, 6.45) is 0.860. The van der Waals surface area contributed by atoms with Gasteiger partial charge in [0.05, 0.1) is 12.2 Å². The lowest BCUT2D eigenvalue weighted by Gasteiger charge is -2.10. The Morgan fingerprint density at radius 3 is 2.78 bits per heavy atom. The van der Waals surface area contributed by atoms with E-state index >= 15 is 0 Å². The zero-order chi connectivity index (χ0) is 13.1. The predicted octanol–water partition coefficient (Wildman–Crippen LogP) is 3.98. The zero-order valence-electron chi connectivity index (χ0n) is 9.94. The van der Waals surface area contributed by atoms with Crippen LogP contribution in [0.1, 0.15) is 23.7 Å². The first kappa shape index (κ1) is 12.7. The number of halogens is 1. The summed E-state index contributed by atoms with van der Waals surface area (Å²) in [6, 6.07) is 8.47. The van der Waals surface area contributed by atoms with Crippen LogP contribution in [0, 0.1) is 0 Å². The average Bonchev–Trinajstić information content (AvgIpc) is 2.35. The minimum absolute atomic E-state index is 0.218. The molecule has 0 aliphatic rings. The Hall–Kier alpha value is -1.74. The number of aromatic carboxylic acids is 1. The van der Waals surface area contributed by atoms with Gasteiger partial charge in [-0.3, -0.25) is 0 Å². The Morgan fingerprint density at radius 1 is 1.33 bits per heavy atom. The van der Waals surface area contributed by atoms with Gasteiger partial charge >= 0.3 is 5.97 Å². The molecule has 0 aliphatic heterocycles. The van der Waals surface area contributed by atoms with Crippen LogP contribution in [0.15, 0.2) is 30.3 Å². The van der Waals surface area contributed by atoms with Crippen molar-refractivity contribution in [1.82, 2.24) is 0 Å². The molecule has 0 bridgehead atoms. The predicted molar refractivity (Wildman–Crippen MR) is 71.7 cm³/mol. The van der Waals surface area contributed by atoms with Crippen LogP contribution < -0.4 is 4.74 Å². The van der Waals surface area contributed by atoms with Crippen molar-refractivity contribution < 1.29 is 14.6 Å². The topological polar surface area (TPSA) is 46.5 Å². The maximum absolute atomic E-state index is 11.1. The van der Waals surface area contributed by atoms with Crippen LogP contribution in [0.3, 0.4) is 0 Å². The molecule has 0 spiro atoms. The monoisotopic (exact) mass is 264 g/mol. The number of hydrogen-bond donors (Lipinski definition) is 1. The van der Waals surface area contributed by atoms with Crippen LogP contribution in [0.25, 0.3) is 10.8 Å². The summed E-state index contributed by atoms with van der Waals surface area (Å²) in [5, 5.41) is 11.3. The van der Waals surface area contributed by atoms with Gasteiger partial charge in [0.15, 0.2) is 0 Å². The molecule has 1 N–H and O–H groups in total. The highest BCUT2D eigenvalue weighted by Crippen LogP contribution is 2.30. The summed E-state index contributed by atoms with van der Waals surface area (Å²) in [5.74, 6) is -0.401. The summed E-state index contributed by atoms with van der Waals surface area (Å²) in [6.45, 7) is 2.54. The van der Waals surface area contributed by atoms with E-state index in [1.807, 2.05) is 6.92 Å². The van der Waals surface area contributed by atoms with E-state index in [0.717, 1.165) is 17.2 Å². The molecule has 3 nitrogen and oxygen atoms in total. The Morgan fingerprint density at radius 2 is 2.11 bits per heavy atom. The van der Waals surface area contributed by atoms with Crippen LogP contribution in [-0.4, -0.2) is 17.7 Å². The van der Waals surface area contributed by atoms with E-state index in [-0.39, 0.29) is 5.56 Å². The first-order chi connectivity index (χ1) is 8.61. The van der Waals surface area contributed by atoms with Crippen LogP contribution in [0.4, 0.5) is 0 Å². The highest BCUT2D eigenvalue weighted by molar-refractivity contribution is 6.31. The van der Waals surface area contributed by atoms with E-state index in [0.29, 0.717) is 17.4 Å². The minimum Gasteiger partial charge on any atom is -0.493 e. The van der Waals surface area contributed by atoms with Crippen molar-refractivity contribution in [2.75, 3.05) is 6.61 Å². The van der Waals surface area contributed by atoms with Crippen LogP contribution in [-0.2, 0) is 0 Å². The van der Waals surface area contributed by atoms with Crippen molar-refractivity contribution in [1.29, 1.82) is 0 Å². The fraction of sp³-hybridized carbons (Fsp3) is 0.214. The summed E-state index contributed by atoms with van der Waals surface area (Å²) in [4.78, 5) is 11.1. The van der Waals surface area contributed by atoms with Crippen molar-refractivity contribution >= 4 is 28.3 Å². The maximum Gasteiger partial charge on any atom is 0.335 e. The van der Waals surface area contributed by atoms with Gasteiger partial charge in [0.2, 0.25) is 0 Å². The van der Waals surface area contributed by atoms with Crippen LogP contribution in [0.5, 0.6) is 5.75 Å². The summed E-state index contributed by atoms with van der Waals surface area (Å²) >= 11 is 5.96. The van der Waals surface area contributed by atoms with E-state index in [4.69, 9.17) is 21.4 Å². The molecule has 0 amide bonds. The maximum atomic E-state index is 11.1.